The van der Waals surface area contributed by atoms with Gasteiger partial charge in [0.1, 0.15) is 0 Å². The maximum atomic E-state index is 15.1. The molecule has 0 spiro atoms. The number of halogens is 5. The number of ether oxygens (including phenoxy) is 2. The number of aryl methyl sites for hydroxylation is 1. The van der Waals surface area contributed by atoms with Crippen molar-refractivity contribution in [2.75, 3.05) is 13.2 Å². The Labute approximate surface area is 203 Å². The molecule has 1 saturated carbocycles. The minimum Gasteiger partial charge on any atom is -0.349 e. The van der Waals surface area contributed by atoms with Crippen molar-refractivity contribution in [3.8, 4) is 11.1 Å². The van der Waals surface area contributed by atoms with Gasteiger partial charge in [-0.05, 0) is 62.0 Å². The van der Waals surface area contributed by atoms with Crippen LogP contribution in [0.3, 0.4) is 0 Å². The van der Waals surface area contributed by atoms with E-state index >= 15 is 4.39 Å². The van der Waals surface area contributed by atoms with Gasteiger partial charge in [-0.1, -0.05) is 37.3 Å². The van der Waals surface area contributed by atoms with Crippen LogP contribution in [0.1, 0.15) is 62.5 Å². The highest BCUT2D eigenvalue weighted by molar-refractivity contribution is 5.66. The van der Waals surface area contributed by atoms with Crippen LogP contribution in [0.5, 0.6) is 0 Å². The molecule has 1 saturated heterocycles. The first-order valence-corrected chi connectivity index (χ1v) is 12.3. The molecular weight excluding hydrogens is 463 g/mol. The van der Waals surface area contributed by atoms with Gasteiger partial charge in [0.05, 0.1) is 13.2 Å². The van der Waals surface area contributed by atoms with Gasteiger partial charge in [0.25, 0.3) is 0 Å². The Morgan fingerprint density at radius 1 is 0.886 bits per heavy atom. The predicted octanol–water partition coefficient (Wildman–Crippen LogP) is 7.79. The van der Waals surface area contributed by atoms with Crippen molar-refractivity contribution in [1.82, 2.24) is 0 Å². The van der Waals surface area contributed by atoms with E-state index < -0.39 is 35.2 Å². The number of rotatable bonds is 7. The van der Waals surface area contributed by atoms with Crippen LogP contribution in [-0.4, -0.2) is 25.2 Å². The summed E-state index contributed by atoms with van der Waals surface area (Å²) in [5.41, 5.74) is -1.69. The summed E-state index contributed by atoms with van der Waals surface area (Å²) in [5.74, 6) is -4.58. The minimum atomic E-state index is -1.51. The average Bonchev–Trinajstić information content (AvgIpc) is 2.87. The number of alkyl halides is 1. The van der Waals surface area contributed by atoms with Crippen LogP contribution in [0, 0.1) is 29.2 Å². The van der Waals surface area contributed by atoms with E-state index in [9.17, 15) is 17.6 Å². The van der Waals surface area contributed by atoms with Crippen molar-refractivity contribution >= 4 is 0 Å². The van der Waals surface area contributed by atoms with Crippen LogP contribution in [0.15, 0.2) is 36.9 Å². The number of hydrogen-bond donors (Lipinski definition) is 0. The fourth-order valence-electron chi connectivity index (χ4n) is 5.19. The zero-order chi connectivity index (χ0) is 25.2. The molecule has 4 rings (SSSR count). The Morgan fingerprint density at radius 3 is 2.09 bits per heavy atom. The molecule has 0 amide bonds. The van der Waals surface area contributed by atoms with Gasteiger partial charge in [0, 0.05) is 17.0 Å². The summed E-state index contributed by atoms with van der Waals surface area (Å²) in [7, 11) is 0. The van der Waals surface area contributed by atoms with Crippen LogP contribution in [-0.2, 0) is 15.9 Å². The lowest BCUT2D eigenvalue weighted by atomic mass is 9.77. The largest absolute Gasteiger partial charge is 0.349 e. The second-order valence-electron chi connectivity index (χ2n) is 9.66. The Morgan fingerprint density at radius 2 is 1.49 bits per heavy atom. The first kappa shape index (κ1) is 25.8. The van der Waals surface area contributed by atoms with Crippen LogP contribution >= 0.6 is 0 Å². The van der Waals surface area contributed by atoms with Gasteiger partial charge in [-0.15, -0.1) is 6.58 Å². The smallest absolute Gasteiger partial charge is 0.167 e. The van der Waals surface area contributed by atoms with Crippen molar-refractivity contribution in [3.63, 3.8) is 0 Å². The summed E-state index contributed by atoms with van der Waals surface area (Å²) in [4.78, 5) is 0. The Bertz CT molecular complexity index is 1050. The van der Waals surface area contributed by atoms with E-state index in [0.29, 0.717) is 44.9 Å². The molecule has 0 N–H and O–H groups in total. The molecule has 1 aliphatic carbocycles. The van der Waals surface area contributed by atoms with Gasteiger partial charge in [-0.2, -0.15) is 0 Å². The summed E-state index contributed by atoms with van der Waals surface area (Å²) in [6.45, 7) is 5.25. The lowest BCUT2D eigenvalue weighted by molar-refractivity contribution is -0.257. The molecule has 2 aromatic rings. The van der Waals surface area contributed by atoms with Crippen molar-refractivity contribution < 1.29 is 31.4 Å². The fourth-order valence-corrected chi connectivity index (χ4v) is 5.19. The fraction of sp³-hybridized carbons (Fsp3) is 0.500. The van der Waals surface area contributed by atoms with Crippen molar-refractivity contribution in [3.05, 3.63) is 71.3 Å². The number of allylic oxidation sites excluding steroid dienone is 1. The maximum absolute atomic E-state index is 15.1. The zero-order valence-electron chi connectivity index (χ0n) is 19.9. The third-order valence-corrected chi connectivity index (χ3v) is 7.35. The highest BCUT2D eigenvalue weighted by Crippen LogP contribution is 2.42. The van der Waals surface area contributed by atoms with Crippen molar-refractivity contribution in [2.24, 2.45) is 5.92 Å². The van der Waals surface area contributed by atoms with Crippen LogP contribution in [0.2, 0.25) is 0 Å². The second-order valence-corrected chi connectivity index (χ2v) is 9.66. The van der Waals surface area contributed by atoms with Crippen molar-refractivity contribution in [1.29, 1.82) is 0 Å². The lowest BCUT2D eigenvalue weighted by Gasteiger charge is -2.40. The van der Waals surface area contributed by atoms with Gasteiger partial charge in [0.15, 0.2) is 35.2 Å². The summed E-state index contributed by atoms with van der Waals surface area (Å²) in [5, 5.41) is 0. The molecule has 0 atom stereocenters. The van der Waals surface area contributed by atoms with E-state index in [1.807, 2.05) is 0 Å². The average molecular weight is 495 g/mol. The molecule has 2 aliphatic rings. The Hall–Kier alpha value is -2.25. The van der Waals surface area contributed by atoms with Crippen LogP contribution in [0.4, 0.5) is 22.0 Å². The molecule has 35 heavy (non-hydrogen) atoms. The first-order valence-electron chi connectivity index (χ1n) is 12.3. The van der Waals surface area contributed by atoms with E-state index in [1.54, 1.807) is 13.0 Å². The summed E-state index contributed by atoms with van der Waals surface area (Å²) in [6, 6.07) is 5.46. The Balaban J connectivity index is 1.42. The topological polar surface area (TPSA) is 18.5 Å². The first-order chi connectivity index (χ1) is 16.8. The molecule has 190 valence electrons. The van der Waals surface area contributed by atoms with Gasteiger partial charge < -0.3 is 9.47 Å². The molecule has 1 aliphatic heterocycles. The van der Waals surface area contributed by atoms with Crippen LogP contribution in [0.25, 0.3) is 11.1 Å². The molecule has 0 radical (unpaired) electrons. The third kappa shape index (κ3) is 5.31. The normalized spacial score (nSPS) is 27.1. The molecule has 0 aromatic heterocycles. The van der Waals surface area contributed by atoms with Gasteiger partial charge in [0.2, 0.25) is 0 Å². The van der Waals surface area contributed by atoms with E-state index in [-0.39, 0.29) is 47.3 Å². The van der Waals surface area contributed by atoms with Crippen molar-refractivity contribution in [2.45, 2.75) is 69.7 Å². The van der Waals surface area contributed by atoms with Gasteiger partial charge in [-0.3, -0.25) is 0 Å². The molecule has 7 heteroatoms. The summed E-state index contributed by atoms with van der Waals surface area (Å²) < 4.78 is 84.8. The molecule has 2 fully saturated rings. The van der Waals surface area contributed by atoms with Gasteiger partial charge in [-0.25, -0.2) is 22.0 Å². The van der Waals surface area contributed by atoms with E-state index in [4.69, 9.17) is 9.47 Å². The van der Waals surface area contributed by atoms with Crippen LogP contribution < -0.4 is 0 Å². The van der Waals surface area contributed by atoms with E-state index in [0.717, 1.165) is 0 Å². The molecule has 0 bridgehead atoms. The quantitative estimate of drug-likeness (QED) is 0.289. The zero-order valence-corrected chi connectivity index (χ0v) is 19.9. The minimum absolute atomic E-state index is 0.0247. The highest BCUT2D eigenvalue weighted by atomic mass is 19.2. The summed E-state index contributed by atoms with van der Waals surface area (Å²) >= 11 is 0. The Kier molecular flexibility index (Phi) is 7.96. The standard InChI is InChI=1S/C28H31F5O2/c1-3-5-14-28(33)15-34-27(35-16-28)19-8-6-18(7-9-19)20-12-13-22(26(32)24(20)30)21-11-10-17(4-2)23(29)25(21)31/h3,10-13,18-19,27H,1,4-9,14-16H2,2H3. The molecular formula is C28H31F5O2. The molecule has 1 heterocycles. The van der Waals surface area contributed by atoms with E-state index in [2.05, 4.69) is 6.58 Å². The number of benzene rings is 2. The predicted molar refractivity (Wildman–Crippen MR) is 125 cm³/mol. The van der Waals surface area contributed by atoms with Gasteiger partial charge >= 0.3 is 0 Å². The lowest BCUT2D eigenvalue weighted by Crippen LogP contribution is -2.46. The molecule has 0 unspecified atom stereocenters. The third-order valence-electron chi connectivity index (χ3n) is 7.35. The monoisotopic (exact) mass is 494 g/mol. The number of hydrogen-bond acceptors (Lipinski definition) is 2. The molecule has 2 nitrogen and oxygen atoms in total. The SMILES string of the molecule is C=CCCC1(F)COC(C2CCC(c3ccc(-c4ccc(CC)c(F)c4F)c(F)c3F)CC2)OC1. The van der Waals surface area contributed by atoms with E-state index in [1.165, 1.54) is 24.3 Å². The highest BCUT2D eigenvalue weighted by Gasteiger charge is 2.40. The summed E-state index contributed by atoms with van der Waals surface area (Å²) in [6.07, 6.45) is 4.83. The maximum Gasteiger partial charge on any atom is 0.167 e. The molecule has 2 aromatic carbocycles. The second kappa shape index (κ2) is 10.8.